The van der Waals surface area contributed by atoms with Crippen molar-refractivity contribution >= 4 is 0 Å². The third-order valence-electron chi connectivity index (χ3n) is 3.21. The molecule has 0 saturated heterocycles. The first kappa shape index (κ1) is 14.4. The minimum atomic E-state index is 0.264. The van der Waals surface area contributed by atoms with Crippen LogP contribution in [0, 0.1) is 0 Å². The number of para-hydroxylation sites is 1. The molecule has 0 aliphatic rings. The highest BCUT2D eigenvalue weighted by atomic mass is 16.5. The van der Waals surface area contributed by atoms with E-state index in [0.29, 0.717) is 18.3 Å². The van der Waals surface area contributed by atoms with Crippen molar-refractivity contribution in [2.24, 2.45) is 5.73 Å². The second kappa shape index (κ2) is 6.50. The molecule has 0 aliphatic heterocycles. The van der Waals surface area contributed by atoms with Crippen molar-refractivity contribution in [2.75, 3.05) is 7.05 Å². The maximum Gasteiger partial charge on any atom is 0.240 e. The molecule has 0 unspecified atom stereocenters. The quantitative estimate of drug-likeness (QED) is 0.739. The summed E-state index contributed by atoms with van der Waals surface area (Å²) in [6.45, 7) is 1.61. The van der Waals surface area contributed by atoms with Gasteiger partial charge in [0.05, 0.1) is 25.0 Å². The zero-order valence-electron chi connectivity index (χ0n) is 12.4. The molecule has 0 aliphatic carbocycles. The number of nitrogens with zero attached hydrogens (tertiary/aromatic N) is 5. The van der Waals surface area contributed by atoms with Crippen molar-refractivity contribution in [1.29, 1.82) is 0 Å². The van der Waals surface area contributed by atoms with Gasteiger partial charge in [-0.2, -0.15) is 10.1 Å². The molecule has 0 spiro atoms. The van der Waals surface area contributed by atoms with E-state index in [1.807, 2.05) is 54.5 Å². The van der Waals surface area contributed by atoms with Crippen molar-refractivity contribution < 1.29 is 4.52 Å². The zero-order valence-corrected chi connectivity index (χ0v) is 12.4. The highest BCUT2D eigenvalue weighted by Gasteiger charge is 2.09. The molecule has 0 radical (unpaired) electrons. The highest BCUT2D eigenvalue weighted by Crippen LogP contribution is 2.10. The summed E-state index contributed by atoms with van der Waals surface area (Å²) in [5.74, 6) is 1.10. The average Bonchev–Trinajstić information content (AvgIpc) is 3.17. The van der Waals surface area contributed by atoms with Crippen LogP contribution in [0.4, 0.5) is 0 Å². The summed E-state index contributed by atoms with van der Waals surface area (Å²) in [7, 11) is 2.00. The summed E-state index contributed by atoms with van der Waals surface area (Å²) >= 11 is 0. The fraction of sp³-hybridized carbons (Fsp3) is 0.267. The van der Waals surface area contributed by atoms with E-state index in [4.69, 9.17) is 10.3 Å². The Morgan fingerprint density at radius 2 is 2.05 bits per heavy atom. The van der Waals surface area contributed by atoms with Gasteiger partial charge in [0, 0.05) is 18.3 Å². The molecule has 7 nitrogen and oxygen atoms in total. The van der Waals surface area contributed by atoms with Crippen LogP contribution in [0.3, 0.4) is 0 Å². The number of hydrogen-bond acceptors (Lipinski definition) is 6. The number of nitrogens with two attached hydrogens (primary N) is 1. The van der Waals surface area contributed by atoms with Gasteiger partial charge in [0.2, 0.25) is 5.89 Å². The van der Waals surface area contributed by atoms with E-state index >= 15 is 0 Å². The number of aromatic nitrogens is 4. The lowest BCUT2D eigenvalue weighted by atomic mass is 10.3. The van der Waals surface area contributed by atoms with Crippen LogP contribution in [0.15, 0.2) is 47.2 Å². The van der Waals surface area contributed by atoms with Crippen LogP contribution in [0.25, 0.3) is 5.69 Å². The van der Waals surface area contributed by atoms with Crippen LogP contribution in [0.2, 0.25) is 0 Å². The van der Waals surface area contributed by atoms with Crippen molar-refractivity contribution in [3.8, 4) is 5.69 Å². The van der Waals surface area contributed by atoms with Gasteiger partial charge in [-0.15, -0.1) is 0 Å². The molecule has 0 atom stereocenters. The molecule has 0 amide bonds. The summed E-state index contributed by atoms with van der Waals surface area (Å²) in [5, 5.41) is 8.28. The van der Waals surface area contributed by atoms with Gasteiger partial charge in [0.15, 0.2) is 5.82 Å². The molecule has 2 aromatic heterocycles. The summed E-state index contributed by atoms with van der Waals surface area (Å²) in [6.07, 6.45) is 3.89. The Morgan fingerprint density at radius 1 is 1.23 bits per heavy atom. The molecule has 3 rings (SSSR count). The van der Waals surface area contributed by atoms with Crippen molar-refractivity contribution in [2.45, 2.75) is 19.6 Å². The smallest absolute Gasteiger partial charge is 0.240 e. The van der Waals surface area contributed by atoms with Crippen LogP contribution in [0.5, 0.6) is 0 Å². The van der Waals surface area contributed by atoms with Gasteiger partial charge in [0.25, 0.3) is 0 Å². The van der Waals surface area contributed by atoms with Gasteiger partial charge in [-0.1, -0.05) is 23.4 Å². The van der Waals surface area contributed by atoms with Crippen LogP contribution in [0.1, 0.15) is 17.3 Å². The van der Waals surface area contributed by atoms with Crippen molar-refractivity contribution in [1.82, 2.24) is 24.8 Å². The second-order valence-corrected chi connectivity index (χ2v) is 5.11. The number of rotatable bonds is 6. The Hall–Kier alpha value is -2.51. The highest BCUT2D eigenvalue weighted by molar-refractivity contribution is 5.30. The third kappa shape index (κ3) is 3.38. The van der Waals surface area contributed by atoms with Gasteiger partial charge in [-0.3, -0.25) is 4.90 Å². The fourth-order valence-electron chi connectivity index (χ4n) is 2.21. The minimum absolute atomic E-state index is 0.264. The molecule has 0 fully saturated rings. The summed E-state index contributed by atoms with van der Waals surface area (Å²) in [4.78, 5) is 6.29. The molecule has 0 bridgehead atoms. The molecule has 2 N–H and O–H groups in total. The summed E-state index contributed by atoms with van der Waals surface area (Å²) < 4.78 is 6.86. The van der Waals surface area contributed by atoms with Crippen molar-refractivity contribution in [3.63, 3.8) is 0 Å². The first-order chi connectivity index (χ1) is 10.7. The largest absolute Gasteiger partial charge is 0.338 e. The fourth-order valence-corrected chi connectivity index (χ4v) is 2.21. The van der Waals surface area contributed by atoms with E-state index in [9.17, 15) is 0 Å². The molecule has 114 valence electrons. The van der Waals surface area contributed by atoms with Gasteiger partial charge in [-0.25, -0.2) is 4.68 Å². The number of benzene rings is 1. The van der Waals surface area contributed by atoms with Crippen molar-refractivity contribution in [3.05, 3.63) is 60.0 Å². The third-order valence-corrected chi connectivity index (χ3v) is 3.21. The van der Waals surface area contributed by atoms with Crippen LogP contribution >= 0.6 is 0 Å². The molecule has 7 heteroatoms. The lowest BCUT2D eigenvalue weighted by Crippen LogP contribution is -2.17. The Balaban J connectivity index is 1.62. The Labute approximate surface area is 128 Å². The predicted octanol–water partition coefficient (Wildman–Crippen LogP) is 1.35. The first-order valence-electron chi connectivity index (χ1n) is 7.03. The van der Waals surface area contributed by atoms with Crippen LogP contribution < -0.4 is 5.73 Å². The Morgan fingerprint density at radius 3 is 2.77 bits per heavy atom. The van der Waals surface area contributed by atoms with Gasteiger partial charge < -0.3 is 10.3 Å². The molecule has 2 heterocycles. The van der Waals surface area contributed by atoms with Gasteiger partial charge in [-0.05, 0) is 19.2 Å². The average molecular weight is 298 g/mol. The Bertz CT molecular complexity index is 720. The van der Waals surface area contributed by atoms with E-state index in [1.165, 1.54) is 0 Å². The topological polar surface area (TPSA) is 86.0 Å². The van der Waals surface area contributed by atoms with E-state index in [-0.39, 0.29) is 6.54 Å². The molecule has 22 heavy (non-hydrogen) atoms. The molecular weight excluding hydrogens is 280 g/mol. The molecular formula is C15H18N6O. The maximum absolute atomic E-state index is 5.45. The first-order valence-corrected chi connectivity index (χ1v) is 7.03. The Kier molecular flexibility index (Phi) is 4.27. The maximum atomic E-state index is 5.45. The van der Waals surface area contributed by atoms with Gasteiger partial charge in [0.1, 0.15) is 0 Å². The number of hydrogen-bond donors (Lipinski definition) is 1. The molecule has 1 aromatic carbocycles. The normalized spacial score (nSPS) is 11.2. The van der Waals surface area contributed by atoms with E-state index < -0.39 is 0 Å². The predicted molar refractivity (Wildman–Crippen MR) is 80.9 cm³/mol. The van der Waals surface area contributed by atoms with Crippen LogP contribution in [-0.4, -0.2) is 31.9 Å². The SMILES string of the molecule is CN(Cc1cnn(-c2ccccc2)c1)Cc1noc(CN)n1. The summed E-state index contributed by atoms with van der Waals surface area (Å²) in [5.41, 5.74) is 7.62. The summed E-state index contributed by atoms with van der Waals surface area (Å²) in [6, 6.07) is 10.0. The zero-order chi connectivity index (χ0) is 15.4. The lowest BCUT2D eigenvalue weighted by Gasteiger charge is -2.12. The molecule has 3 aromatic rings. The monoisotopic (exact) mass is 298 g/mol. The van der Waals surface area contributed by atoms with E-state index in [1.54, 1.807) is 0 Å². The molecule has 0 saturated carbocycles. The van der Waals surface area contributed by atoms with Gasteiger partial charge >= 0.3 is 0 Å². The van der Waals surface area contributed by atoms with E-state index in [0.717, 1.165) is 17.8 Å². The standard InChI is InChI=1S/C15H18N6O/c1-20(11-14-18-15(7-16)22-19-14)9-12-8-17-21(10-12)13-5-3-2-4-6-13/h2-6,8,10H,7,9,11,16H2,1H3. The second-order valence-electron chi connectivity index (χ2n) is 5.11. The minimum Gasteiger partial charge on any atom is -0.338 e. The van der Waals surface area contributed by atoms with E-state index in [2.05, 4.69) is 20.1 Å². The van der Waals surface area contributed by atoms with Crippen LogP contribution in [-0.2, 0) is 19.6 Å². The lowest BCUT2D eigenvalue weighted by molar-refractivity contribution is 0.299.